The van der Waals surface area contributed by atoms with Crippen molar-refractivity contribution in [3.63, 3.8) is 0 Å². The molecule has 1 aliphatic carbocycles. The third-order valence-electron chi connectivity index (χ3n) is 5.04. The maximum atomic E-state index is 11.5. The van der Waals surface area contributed by atoms with Gasteiger partial charge in [-0.25, -0.2) is 0 Å². The minimum absolute atomic E-state index is 0.0238. The van der Waals surface area contributed by atoms with Crippen LogP contribution in [-0.4, -0.2) is 36.2 Å². The number of hydrogen-bond acceptors (Lipinski definition) is 4. The highest BCUT2D eigenvalue weighted by molar-refractivity contribution is 7.80. The van der Waals surface area contributed by atoms with Crippen LogP contribution in [0.1, 0.15) is 52.9 Å². The first-order valence-corrected chi connectivity index (χ1v) is 11.1. The topological polar surface area (TPSA) is 55.8 Å². The molecular formula is C17H33O4PS. The number of ether oxygens (including phenoxy) is 1. The van der Waals surface area contributed by atoms with E-state index in [1.807, 2.05) is 6.92 Å². The van der Waals surface area contributed by atoms with Gasteiger partial charge >= 0.3 is 7.60 Å². The molecule has 0 saturated heterocycles. The SMILES string of the molecule is COC[C@H](CC(=S)C1CCC(C(C)C)CC1)[C@H](C)OP(C)(=O)O. The lowest BCUT2D eigenvalue weighted by atomic mass is 9.75. The first-order valence-electron chi connectivity index (χ1n) is 8.64. The third-order valence-corrected chi connectivity index (χ3v) is 6.26. The van der Waals surface area contributed by atoms with Crippen molar-refractivity contribution in [1.29, 1.82) is 0 Å². The zero-order valence-electron chi connectivity index (χ0n) is 15.2. The van der Waals surface area contributed by atoms with Gasteiger partial charge < -0.3 is 14.2 Å². The van der Waals surface area contributed by atoms with Gasteiger partial charge in [-0.05, 0) is 61.6 Å². The molecule has 0 aliphatic heterocycles. The first-order chi connectivity index (χ1) is 10.6. The van der Waals surface area contributed by atoms with Gasteiger partial charge in [0.05, 0.1) is 12.7 Å². The van der Waals surface area contributed by atoms with Gasteiger partial charge in [0.1, 0.15) is 0 Å². The van der Waals surface area contributed by atoms with Crippen LogP contribution in [0.2, 0.25) is 0 Å². The van der Waals surface area contributed by atoms with E-state index in [4.69, 9.17) is 21.5 Å². The van der Waals surface area contributed by atoms with Crippen LogP contribution in [0.4, 0.5) is 0 Å². The zero-order valence-corrected chi connectivity index (χ0v) is 16.9. The van der Waals surface area contributed by atoms with Crippen LogP contribution in [0, 0.1) is 23.7 Å². The first kappa shape index (κ1) is 21.2. The molecule has 0 bridgehead atoms. The molecule has 3 atom stereocenters. The van der Waals surface area contributed by atoms with Gasteiger partial charge in [0.15, 0.2) is 0 Å². The van der Waals surface area contributed by atoms with Crippen molar-refractivity contribution < 1.29 is 18.7 Å². The molecule has 1 saturated carbocycles. The summed E-state index contributed by atoms with van der Waals surface area (Å²) in [6, 6.07) is 0. The summed E-state index contributed by atoms with van der Waals surface area (Å²) in [4.78, 5) is 10.5. The summed E-state index contributed by atoms with van der Waals surface area (Å²) >= 11 is 5.69. The second-order valence-corrected chi connectivity index (χ2v) is 9.70. The average Bonchev–Trinajstić information content (AvgIpc) is 2.45. The molecule has 4 nitrogen and oxygen atoms in total. The monoisotopic (exact) mass is 364 g/mol. The molecule has 1 unspecified atom stereocenters. The second-order valence-electron chi connectivity index (χ2n) is 7.36. The lowest BCUT2D eigenvalue weighted by molar-refractivity contribution is 0.0701. The summed E-state index contributed by atoms with van der Waals surface area (Å²) in [5.41, 5.74) is 0. The normalized spacial score (nSPS) is 27.4. The molecule has 0 aromatic carbocycles. The molecule has 1 aliphatic rings. The smallest absolute Gasteiger partial charge is 0.325 e. The Hall–Kier alpha value is 0.200. The van der Waals surface area contributed by atoms with Crippen molar-refractivity contribution in [2.45, 2.75) is 59.0 Å². The van der Waals surface area contributed by atoms with Crippen molar-refractivity contribution in [3.8, 4) is 0 Å². The Morgan fingerprint density at radius 3 is 2.26 bits per heavy atom. The summed E-state index contributed by atoms with van der Waals surface area (Å²) < 4.78 is 22.0. The van der Waals surface area contributed by atoms with E-state index in [1.165, 1.54) is 32.3 Å². The highest BCUT2D eigenvalue weighted by Crippen LogP contribution is 2.41. The molecule has 0 heterocycles. The molecule has 6 heteroatoms. The molecule has 0 aromatic heterocycles. The molecule has 1 N–H and O–H groups in total. The van der Waals surface area contributed by atoms with Crippen LogP contribution in [0.15, 0.2) is 0 Å². The van der Waals surface area contributed by atoms with Gasteiger partial charge in [0, 0.05) is 19.7 Å². The zero-order chi connectivity index (χ0) is 17.6. The lowest BCUT2D eigenvalue weighted by Gasteiger charge is -2.33. The Bertz CT molecular complexity index is 413. The second kappa shape index (κ2) is 9.62. The van der Waals surface area contributed by atoms with Crippen LogP contribution in [0.5, 0.6) is 0 Å². The molecule has 1 fully saturated rings. The van der Waals surface area contributed by atoms with E-state index in [2.05, 4.69) is 13.8 Å². The number of thiocarbonyl (C=S) groups is 1. The standard InChI is InChI=1S/C17H33O4PS/c1-12(2)14-6-8-15(9-7-14)17(23)10-16(11-20-4)13(3)21-22(5,18)19/h12-16H,6-11H2,1-5H3,(H,18,19)/t13-,14?,15?,16-/m0/s1. The quantitative estimate of drug-likeness (QED) is 0.475. The van der Waals surface area contributed by atoms with E-state index in [-0.39, 0.29) is 12.0 Å². The fourth-order valence-corrected chi connectivity index (χ4v) is 4.74. The maximum absolute atomic E-state index is 11.5. The molecule has 1 rings (SSSR count). The molecule has 0 radical (unpaired) electrons. The number of methoxy groups -OCH3 is 1. The minimum Gasteiger partial charge on any atom is -0.384 e. The van der Waals surface area contributed by atoms with E-state index in [1.54, 1.807) is 7.11 Å². The van der Waals surface area contributed by atoms with Crippen molar-refractivity contribution in [3.05, 3.63) is 0 Å². The molecule has 0 aromatic rings. The summed E-state index contributed by atoms with van der Waals surface area (Å²) in [6.07, 6.45) is 5.22. The highest BCUT2D eigenvalue weighted by atomic mass is 32.1. The van der Waals surface area contributed by atoms with Crippen LogP contribution in [0.3, 0.4) is 0 Å². The Balaban J connectivity index is 2.56. The van der Waals surface area contributed by atoms with Gasteiger partial charge in [-0.3, -0.25) is 4.57 Å². The van der Waals surface area contributed by atoms with Gasteiger partial charge in [-0.15, -0.1) is 0 Å². The number of rotatable bonds is 9. The molecule has 23 heavy (non-hydrogen) atoms. The number of hydrogen-bond donors (Lipinski definition) is 1. The summed E-state index contributed by atoms with van der Waals surface area (Å²) in [5, 5.41) is 0. The van der Waals surface area contributed by atoms with Crippen molar-refractivity contribution >= 4 is 24.7 Å². The van der Waals surface area contributed by atoms with Crippen LogP contribution in [-0.2, 0) is 13.8 Å². The fraction of sp³-hybridized carbons (Fsp3) is 0.941. The summed E-state index contributed by atoms with van der Waals surface area (Å²) in [5.74, 6) is 2.10. The third kappa shape index (κ3) is 7.74. The Kier molecular flexibility index (Phi) is 8.89. The van der Waals surface area contributed by atoms with Crippen LogP contribution < -0.4 is 0 Å². The minimum atomic E-state index is -3.49. The fourth-order valence-electron chi connectivity index (χ4n) is 3.50. The highest BCUT2D eigenvalue weighted by Gasteiger charge is 2.30. The van der Waals surface area contributed by atoms with E-state index in [9.17, 15) is 9.46 Å². The van der Waals surface area contributed by atoms with Gasteiger partial charge in [0.25, 0.3) is 0 Å². The van der Waals surface area contributed by atoms with E-state index < -0.39 is 7.60 Å². The van der Waals surface area contributed by atoms with E-state index >= 15 is 0 Å². The molecule has 136 valence electrons. The van der Waals surface area contributed by atoms with E-state index in [0.29, 0.717) is 12.5 Å². The van der Waals surface area contributed by atoms with Crippen molar-refractivity contribution in [2.75, 3.05) is 20.4 Å². The molecule has 0 spiro atoms. The van der Waals surface area contributed by atoms with Gasteiger partial charge in [-0.1, -0.05) is 26.1 Å². The predicted molar refractivity (Wildman–Crippen MR) is 99.2 cm³/mol. The maximum Gasteiger partial charge on any atom is 0.325 e. The Morgan fingerprint density at radius 2 is 1.83 bits per heavy atom. The lowest BCUT2D eigenvalue weighted by Crippen LogP contribution is -2.30. The Labute approximate surface area is 146 Å². The molecular weight excluding hydrogens is 331 g/mol. The Morgan fingerprint density at radius 1 is 1.26 bits per heavy atom. The van der Waals surface area contributed by atoms with Crippen molar-refractivity contribution in [2.24, 2.45) is 23.7 Å². The average molecular weight is 364 g/mol. The van der Waals surface area contributed by atoms with Crippen LogP contribution in [0.25, 0.3) is 0 Å². The molecule has 0 amide bonds. The van der Waals surface area contributed by atoms with Gasteiger partial charge in [-0.2, -0.15) is 0 Å². The van der Waals surface area contributed by atoms with Gasteiger partial charge in [0.2, 0.25) is 0 Å². The summed E-state index contributed by atoms with van der Waals surface area (Å²) in [7, 11) is -1.85. The van der Waals surface area contributed by atoms with E-state index in [0.717, 1.165) is 23.1 Å². The van der Waals surface area contributed by atoms with Crippen LogP contribution >= 0.6 is 19.8 Å². The largest absolute Gasteiger partial charge is 0.384 e. The predicted octanol–water partition coefficient (Wildman–Crippen LogP) is 4.69. The summed E-state index contributed by atoms with van der Waals surface area (Å²) in [6.45, 7) is 8.14. The van der Waals surface area contributed by atoms with Crippen molar-refractivity contribution in [1.82, 2.24) is 0 Å².